The van der Waals surface area contributed by atoms with Crippen molar-refractivity contribution in [3.05, 3.63) is 51.4 Å². The molecule has 1 aliphatic rings. The summed E-state index contributed by atoms with van der Waals surface area (Å²) in [6.45, 7) is 1.11. The molecule has 0 spiro atoms. The quantitative estimate of drug-likeness (QED) is 0.752. The molecule has 0 bridgehead atoms. The van der Waals surface area contributed by atoms with Gasteiger partial charge in [-0.1, -0.05) is 11.6 Å². The second-order valence-corrected chi connectivity index (χ2v) is 9.12. The van der Waals surface area contributed by atoms with E-state index in [9.17, 15) is 17.6 Å². The highest BCUT2D eigenvalue weighted by atomic mass is 35.5. The van der Waals surface area contributed by atoms with E-state index in [-0.39, 0.29) is 28.9 Å². The van der Waals surface area contributed by atoms with Gasteiger partial charge in [0.15, 0.2) is 0 Å². The maximum absolute atomic E-state index is 13.3. The second kappa shape index (κ2) is 8.04. The van der Waals surface area contributed by atoms with Crippen LogP contribution < -0.4 is 0 Å². The van der Waals surface area contributed by atoms with Gasteiger partial charge < -0.3 is 4.90 Å². The van der Waals surface area contributed by atoms with E-state index in [2.05, 4.69) is 0 Å². The molecule has 0 N–H and O–H groups in total. The number of amides is 1. The molecule has 2 heterocycles. The van der Waals surface area contributed by atoms with E-state index in [1.807, 2.05) is 16.8 Å². The average Bonchev–Trinajstić information content (AvgIpc) is 3.15. The molecule has 1 fully saturated rings. The third-order valence-corrected chi connectivity index (χ3v) is 7.24. The molecule has 0 atom stereocenters. The molecule has 0 unspecified atom stereocenters. The number of benzene rings is 1. The summed E-state index contributed by atoms with van der Waals surface area (Å²) in [5.74, 6) is -0.635. The number of piperazine rings is 1. The van der Waals surface area contributed by atoms with Crippen molar-refractivity contribution in [3.8, 4) is 0 Å². The Bertz CT molecular complexity index is 879. The van der Waals surface area contributed by atoms with Gasteiger partial charge in [0.2, 0.25) is 15.9 Å². The largest absolute Gasteiger partial charge is 0.340 e. The van der Waals surface area contributed by atoms with Gasteiger partial charge in [0.05, 0.1) is 9.92 Å². The Kier molecular flexibility index (Phi) is 5.96. The number of hydrogen-bond acceptors (Lipinski definition) is 4. The van der Waals surface area contributed by atoms with E-state index in [0.29, 0.717) is 25.9 Å². The van der Waals surface area contributed by atoms with Crippen molar-refractivity contribution in [2.24, 2.45) is 0 Å². The van der Waals surface area contributed by atoms with Crippen LogP contribution in [0.5, 0.6) is 0 Å². The molecule has 5 nitrogen and oxygen atoms in total. The summed E-state index contributed by atoms with van der Waals surface area (Å²) < 4.78 is 39.9. The molecule has 1 amide bonds. The first-order chi connectivity index (χ1) is 12.4. The highest BCUT2D eigenvalue weighted by molar-refractivity contribution is 7.89. The van der Waals surface area contributed by atoms with Crippen molar-refractivity contribution < 1.29 is 17.6 Å². The summed E-state index contributed by atoms with van der Waals surface area (Å²) in [5, 5.41) is 3.77. The van der Waals surface area contributed by atoms with Crippen LogP contribution in [0.3, 0.4) is 0 Å². The summed E-state index contributed by atoms with van der Waals surface area (Å²) in [4.78, 5) is 14.0. The highest BCUT2D eigenvalue weighted by Gasteiger charge is 2.30. The Hall–Kier alpha value is -1.48. The molecule has 1 aliphatic heterocycles. The molecule has 1 saturated heterocycles. The van der Waals surface area contributed by atoms with Gasteiger partial charge in [0, 0.05) is 32.6 Å². The lowest BCUT2D eigenvalue weighted by atomic mass is 10.1. The molecular weight excluding hydrogens is 399 g/mol. The molecule has 1 aromatic heterocycles. The summed E-state index contributed by atoms with van der Waals surface area (Å²) in [7, 11) is -3.75. The third kappa shape index (κ3) is 4.25. The van der Waals surface area contributed by atoms with Gasteiger partial charge in [-0.05, 0) is 47.0 Å². The normalized spacial score (nSPS) is 16.0. The van der Waals surface area contributed by atoms with Crippen molar-refractivity contribution >= 4 is 38.9 Å². The summed E-state index contributed by atoms with van der Waals surface area (Å²) in [6.07, 6.45) is 1.10. The van der Waals surface area contributed by atoms with Crippen LogP contribution in [-0.4, -0.2) is 49.7 Å². The summed E-state index contributed by atoms with van der Waals surface area (Å²) in [5.41, 5.74) is 1.14. The van der Waals surface area contributed by atoms with E-state index in [0.717, 1.165) is 17.7 Å². The highest BCUT2D eigenvalue weighted by Crippen LogP contribution is 2.23. The van der Waals surface area contributed by atoms with Gasteiger partial charge in [0.1, 0.15) is 5.82 Å². The number of nitrogens with zero attached hydrogens (tertiary/aromatic N) is 2. The molecule has 140 valence electrons. The first kappa shape index (κ1) is 19.3. The Balaban J connectivity index is 1.58. The lowest BCUT2D eigenvalue weighted by Crippen LogP contribution is -2.50. The van der Waals surface area contributed by atoms with Crippen LogP contribution in [0.1, 0.15) is 12.0 Å². The summed E-state index contributed by atoms with van der Waals surface area (Å²) >= 11 is 7.29. The number of thiophene rings is 1. The molecule has 3 rings (SSSR count). The van der Waals surface area contributed by atoms with Gasteiger partial charge in [-0.25, -0.2) is 12.8 Å². The van der Waals surface area contributed by atoms with Gasteiger partial charge in [-0.2, -0.15) is 15.6 Å². The Labute approximate surface area is 161 Å². The van der Waals surface area contributed by atoms with Gasteiger partial charge in [-0.15, -0.1) is 0 Å². The number of aryl methyl sites for hydroxylation is 1. The number of halogens is 2. The predicted octanol–water partition coefficient (Wildman–Crippen LogP) is 3.01. The van der Waals surface area contributed by atoms with Crippen molar-refractivity contribution in [2.75, 3.05) is 26.2 Å². The zero-order chi connectivity index (χ0) is 18.7. The van der Waals surface area contributed by atoms with Crippen molar-refractivity contribution in [1.82, 2.24) is 9.21 Å². The minimum Gasteiger partial charge on any atom is -0.340 e. The van der Waals surface area contributed by atoms with Crippen molar-refractivity contribution in [1.29, 1.82) is 0 Å². The molecule has 26 heavy (non-hydrogen) atoms. The minimum atomic E-state index is -3.75. The molecule has 0 saturated carbocycles. The number of carbonyl (C=O) groups is 1. The van der Waals surface area contributed by atoms with Crippen LogP contribution in [0.4, 0.5) is 4.39 Å². The number of carbonyl (C=O) groups excluding carboxylic acids is 1. The molecule has 0 radical (unpaired) electrons. The maximum atomic E-state index is 13.3. The van der Waals surface area contributed by atoms with E-state index in [4.69, 9.17) is 11.6 Å². The topological polar surface area (TPSA) is 57.7 Å². The van der Waals surface area contributed by atoms with Gasteiger partial charge >= 0.3 is 0 Å². The SMILES string of the molecule is O=C(CCc1ccsc1)N1CCN(S(=O)(=O)c2ccc(F)c(Cl)c2)CC1. The van der Waals surface area contributed by atoms with Gasteiger partial charge in [0.25, 0.3) is 0 Å². The smallest absolute Gasteiger partial charge is 0.243 e. The third-order valence-electron chi connectivity index (χ3n) is 4.33. The molecule has 9 heteroatoms. The molecule has 0 aliphatic carbocycles. The zero-order valence-corrected chi connectivity index (χ0v) is 16.3. The Morgan fingerprint density at radius 3 is 2.54 bits per heavy atom. The fourth-order valence-corrected chi connectivity index (χ4v) is 5.21. The van der Waals surface area contributed by atoms with E-state index >= 15 is 0 Å². The fourth-order valence-electron chi connectivity index (χ4n) is 2.81. The van der Waals surface area contributed by atoms with Crippen LogP contribution >= 0.6 is 22.9 Å². The van der Waals surface area contributed by atoms with Crippen LogP contribution in [-0.2, 0) is 21.2 Å². The van der Waals surface area contributed by atoms with Crippen molar-refractivity contribution in [2.45, 2.75) is 17.7 Å². The maximum Gasteiger partial charge on any atom is 0.243 e. The summed E-state index contributed by atoms with van der Waals surface area (Å²) in [6, 6.07) is 5.36. The standard InChI is InChI=1S/C17H18ClFN2O3S2/c18-15-11-14(2-3-16(15)19)26(23,24)21-8-6-20(7-9-21)17(22)4-1-13-5-10-25-12-13/h2-3,5,10-12H,1,4,6-9H2. The Morgan fingerprint density at radius 1 is 1.19 bits per heavy atom. The van der Waals surface area contributed by atoms with Crippen LogP contribution in [0.2, 0.25) is 5.02 Å². The monoisotopic (exact) mass is 416 g/mol. The van der Waals surface area contributed by atoms with Crippen LogP contribution in [0.25, 0.3) is 0 Å². The first-order valence-corrected chi connectivity index (χ1v) is 10.9. The molecule has 2 aromatic rings. The van der Waals surface area contributed by atoms with E-state index in [1.165, 1.54) is 10.4 Å². The number of hydrogen-bond donors (Lipinski definition) is 0. The lowest BCUT2D eigenvalue weighted by molar-refractivity contribution is -0.132. The second-order valence-electron chi connectivity index (χ2n) is 5.99. The lowest BCUT2D eigenvalue weighted by Gasteiger charge is -2.34. The Morgan fingerprint density at radius 2 is 1.92 bits per heavy atom. The van der Waals surface area contributed by atoms with Gasteiger partial charge in [-0.3, -0.25) is 4.79 Å². The van der Waals surface area contributed by atoms with Crippen LogP contribution in [0, 0.1) is 5.82 Å². The van der Waals surface area contributed by atoms with Crippen molar-refractivity contribution in [3.63, 3.8) is 0 Å². The fraction of sp³-hybridized carbons (Fsp3) is 0.353. The first-order valence-electron chi connectivity index (χ1n) is 8.12. The number of rotatable bonds is 5. The molecular formula is C17H18ClFN2O3S2. The number of sulfonamides is 1. The minimum absolute atomic E-state index is 0.0260. The van der Waals surface area contributed by atoms with E-state index < -0.39 is 15.8 Å². The molecule has 1 aromatic carbocycles. The van der Waals surface area contributed by atoms with Crippen LogP contribution in [0.15, 0.2) is 39.9 Å². The zero-order valence-electron chi connectivity index (χ0n) is 13.9. The van der Waals surface area contributed by atoms with E-state index in [1.54, 1.807) is 16.2 Å². The predicted molar refractivity (Wildman–Crippen MR) is 99.4 cm³/mol. The average molecular weight is 417 g/mol.